The van der Waals surface area contributed by atoms with Crippen molar-refractivity contribution in [3.63, 3.8) is 0 Å². The van der Waals surface area contributed by atoms with Crippen molar-refractivity contribution in [1.82, 2.24) is 14.6 Å². The first kappa shape index (κ1) is 29.5. The lowest BCUT2D eigenvalue weighted by Crippen LogP contribution is -2.46. The largest absolute Gasteiger partial charge is 0.479 e. The van der Waals surface area contributed by atoms with Gasteiger partial charge in [0.2, 0.25) is 0 Å². The van der Waals surface area contributed by atoms with E-state index in [4.69, 9.17) is 24.3 Å². The summed E-state index contributed by atoms with van der Waals surface area (Å²) in [6.45, 7) is 14.2. The van der Waals surface area contributed by atoms with E-state index < -0.39 is 17.7 Å². The molecule has 4 bridgehead atoms. The summed E-state index contributed by atoms with van der Waals surface area (Å²) in [5.41, 5.74) is 4.06. The van der Waals surface area contributed by atoms with Crippen molar-refractivity contribution in [2.75, 3.05) is 24.6 Å². The van der Waals surface area contributed by atoms with Gasteiger partial charge in [0.1, 0.15) is 5.82 Å². The minimum atomic E-state index is -1.19. The lowest BCUT2D eigenvalue weighted by atomic mass is 9.92. The molecule has 1 N–H and O–H groups in total. The highest BCUT2D eigenvalue weighted by Crippen LogP contribution is 2.38. The molecule has 0 saturated carbocycles. The van der Waals surface area contributed by atoms with Crippen LogP contribution in [0, 0.1) is 13.8 Å². The second-order valence-electron chi connectivity index (χ2n) is 12.8. The predicted octanol–water partition coefficient (Wildman–Crippen LogP) is 6.10. The molecule has 2 aromatic heterocycles. The fraction of sp³-hybridized carbons (Fsp3) is 0.594. The van der Waals surface area contributed by atoms with Crippen molar-refractivity contribution >= 4 is 17.4 Å². The fourth-order valence-corrected chi connectivity index (χ4v) is 5.83. The number of hydrogen-bond acceptors (Lipinski definition) is 7. The molecule has 3 aliphatic heterocycles. The van der Waals surface area contributed by atoms with Crippen LogP contribution < -0.4 is 4.90 Å². The topological polar surface area (TPSA) is 98.4 Å². The number of fused-ring (bicyclic) bond motifs is 9. The Labute approximate surface area is 242 Å². The molecule has 0 spiro atoms. The molecule has 5 heterocycles. The zero-order valence-electron chi connectivity index (χ0n) is 25.3. The Morgan fingerprint density at radius 1 is 1.15 bits per heavy atom. The summed E-state index contributed by atoms with van der Waals surface area (Å²) in [7, 11) is 0. The van der Waals surface area contributed by atoms with Crippen LogP contribution in [0.2, 0.25) is 0 Å². The number of carboxylic acid groups (broad SMARTS) is 1. The Morgan fingerprint density at radius 2 is 1.85 bits per heavy atom. The number of hydrogen-bond donors (Lipinski definition) is 1. The van der Waals surface area contributed by atoms with Gasteiger partial charge in [0.15, 0.2) is 11.8 Å². The second-order valence-corrected chi connectivity index (χ2v) is 12.8. The zero-order chi connectivity index (χ0) is 29.4. The van der Waals surface area contributed by atoms with E-state index in [-0.39, 0.29) is 11.7 Å². The lowest BCUT2D eigenvalue weighted by molar-refractivity contribution is -0.160. The van der Waals surface area contributed by atoms with Crippen LogP contribution in [-0.4, -0.2) is 56.6 Å². The van der Waals surface area contributed by atoms with Crippen molar-refractivity contribution in [1.29, 1.82) is 0 Å². The van der Waals surface area contributed by atoms with Gasteiger partial charge >= 0.3 is 5.97 Å². The number of anilines is 1. The molecule has 3 aliphatic rings. The number of benzene rings is 1. The van der Waals surface area contributed by atoms with Gasteiger partial charge < -0.3 is 24.2 Å². The number of aryl methyl sites for hydroxylation is 2. The van der Waals surface area contributed by atoms with Crippen molar-refractivity contribution in [3.8, 4) is 0 Å². The minimum absolute atomic E-state index is 0.0644. The molecule has 41 heavy (non-hydrogen) atoms. The molecule has 3 aromatic rings. The predicted molar refractivity (Wildman–Crippen MR) is 157 cm³/mol. The van der Waals surface area contributed by atoms with Crippen molar-refractivity contribution in [3.05, 3.63) is 58.4 Å². The van der Waals surface area contributed by atoms with E-state index >= 15 is 0 Å². The molecule has 2 atom stereocenters. The number of rotatable bonds is 4. The summed E-state index contributed by atoms with van der Waals surface area (Å²) in [5, 5.41) is 15.3. The zero-order valence-corrected chi connectivity index (χ0v) is 25.3. The Balaban J connectivity index is 1.60. The molecule has 6 rings (SSSR count). The molecule has 1 saturated heterocycles. The van der Waals surface area contributed by atoms with Gasteiger partial charge in [-0.15, -0.1) is 0 Å². The normalized spacial score (nSPS) is 23.3. The maximum Gasteiger partial charge on any atom is 0.337 e. The summed E-state index contributed by atoms with van der Waals surface area (Å²) in [4.78, 5) is 19.7. The van der Waals surface area contributed by atoms with Gasteiger partial charge in [-0.3, -0.25) is 0 Å². The van der Waals surface area contributed by atoms with E-state index in [1.54, 1.807) is 4.52 Å². The van der Waals surface area contributed by atoms with E-state index in [9.17, 15) is 9.90 Å². The molecule has 0 radical (unpaired) electrons. The molecular weight excluding hydrogens is 520 g/mol. The van der Waals surface area contributed by atoms with Gasteiger partial charge in [-0.05, 0) is 79.2 Å². The molecule has 1 unspecified atom stereocenters. The van der Waals surface area contributed by atoms with Gasteiger partial charge in [0.05, 0.1) is 35.2 Å². The van der Waals surface area contributed by atoms with Crippen LogP contribution in [0.1, 0.15) is 100 Å². The minimum Gasteiger partial charge on any atom is -0.479 e. The van der Waals surface area contributed by atoms with E-state index in [1.165, 1.54) is 5.56 Å². The second kappa shape index (κ2) is 11.7. The van der Waals surface area contributed by atoms with Crippen LogP contribution in [0.5, 0.6) is 0 Å². The van der Waals surface area contributed by atoms with Crippen molar-refractivity contribution in [2.45, 2.75) is 104 Å². The number of piperidine rings is 1. The van der Waals surface area contributed by atoms with Gasteiger partial charge in [0, 0.05) is 31.5 Å². The quantitative estimate of drug-likeness (QED) is 0.406. The maximum atomic E-state index is 12.6. The SMILES string of the molecule is Cc1ccc(C2CCCCOC3(C)CCN(CC3)c3c([C@H](OC(C)(C)C)C(=O)O)c(C)nc4cc(nn34)CO2)cc1. The molecule has 9 heteroatoms. The first-order valence-electron chi connectivity index (χ1n) is 14.8. The summed E-state index contributed by atoms with van der Waals surface area (Å²) < 4.78 is 20.9. The smallest absolute Gasteiger partial charge is 0.337 e. The van der Waals surface area contributed by atoms with Crippen LogP contribution in [-0.2, 0) is 25.6 Å². The molecule has 222 valence electrons. The first-order valence-corrected chi connectivity index (χ1v) is 14.8. The Morgan fingerprint density at radius 3 is 2.51 bits per heavy atom. The number of carbonyl (C=O) groups is 1. The number of aliphatic carboxylic acids is 1. The van der Waals surface area contributed by atoms with Crippen molar-refractivity contribution < 1.29 is 24.1 Å². The number of aromatic nitrogens is 3. The van der Waals surface area contributed by atoms with Crippen molar-refractivity contribution in [2.24, 2.45) is 0 Å². The van der Waals surface area contributed by atoms with Crippen LogP contribution in [0.25, 0.3) is 5.65 Å². The van der Waals surface area contributed by atoms with E-state index in [0.717, 1.165) is 49.2 Å². The van der Waals surface area contributed by atoms with Gasteiger partial charge in [0.25, 0.3) is 0 Å². The number of nitrogens with zero attached hydrogens (tertiary/aromatic N) is 4. The first-order chi connectivity index (χ1) is 19.4. The van der Waals surface area contributed by atoms with E-state index in [0.29, 0.717) is 43.2 Å². The molecule has 0 amide bonds. The molecule has 1 aromatic carbocycles. The summed E-state index contributed by atoms with van der Waals surface area (Å²) >= 11 is 0. The van der Waals surface area contributed by atoms with Crippen LogP contribution in [0.4, 0.5) is 5.82 Å². The Hall–Kier alpha value is -3.01. The molecule has 9 nitrogen and oxygen atoms in total. The number of ether oxygens (including phenoxy) is 3. The molecule has 0 aliphatic carbocycles. The Kier molecular flexibility index (Phi) is 8.41. The van der Waals surface area contributed by atoms with Gasteiger partial charge in [-0.25, -0.2) is 9.78 Å². The maximum absolute atomic E-state index is 12.6. The standard InChI is InChI=1S/C32H44N4O5/c1-21-10-12-23(13-11-21)25-9-7-8-18-40-32(6)14-16-35(17-15-32)29-27(28(30(37)38)41-31(3,4)5)22(2)33-26-19-24(20-39-25)34-36(26)29/h10-13,19,25,28H,7-9,14-18,20H2,1-6H3,(H,37,38)/t25?,28-/m0/s1. The van der Waals surface area contributed by atoms with Gasteiger partial charge in [-0.2, -0.15) is 9.61 Å². The van der Waals surface area contributed by atoms with Crippen LogP contribution >= 0.6 is 0 Å². The third-order valence-electron chi connectivity index (χ3n) is 8.13. The number of carboxylic acids is 1. The third kappa shape index (κ3) is 6.74. The summed E-state index contributed by atoms with van der Waals surface area (Å²) in [5.74, 6) is -0.325. The monoisotopic (exact) mass is 564 g/mol. The highest BCUT2D eigenvalue weighted by Gasteiger charge is 2.37. The Bertz CT molecular complexity index is 1370. The average molecular weight is 565 g/mol. The average Bonchev–Trinajstić information content (AvgIpc) is 3.30. The van der Waals surface area contributed by atoms with Crippen LogP contribution in [0.15, 0.2) is 30.3 Å². The summed E-state index contributed by atoms with van der Waals surface area (Å²) in [6, 6.07) is 10.5. The lowest BCUT2D eigenvalue weighted by Gasteiger charge is -2.41. The molecular formula is C32H44N4O5. The third-order valence-corrected chi connectivity index (χ3v) is 8.13. The fourth-order valence-electron chi connectivity index (χ4n) is 5.83. The summed E-state index contributed by atoms with van der Waals surface area (Å²) in [6.07, 6.45) is 3.27. The van der Waals surface area contributed by atoms with E-state index in [1.807, 2.05) is 33.8 Å². The molecule has 1 fully saturated rings. The highest BCUT2D eigenvalue weighted by atomic mass is 16.5. The van der Waals surface area contributed by atoms with Crippen LogP contribution in [0.3, 0.4) is 0 Å². The highest BCUT2D eigenvalue weighted by molar-refractivity contribution is 5.78. The van der Waals surface area contributed by atoms with Gasteiger partial charge in [-0.1, -0.05) is 29.8 Å². The van der Waals surface area contributed by atoms with E-state index in [2.05, 4.69) is 43.0 Å².